The summed E-state index contributed by atoms with van der Waals surface area (Å²) in [4.78, 5) is 2.43. The van der Waals surface area contributed by atoms with Gasteiger partial charge in [-0.1, -0.05) is 15.9 Å². The number of nitrogens with one attached hydrogen (secondary N) is 1. The molecule has 2 heterocycles. The van der Waals surface area contributed by atoms with Gasteiger partial charge < -0.3 is 15.2 Å². The number of phenols is 1. The zero-order chi connectivity index (χ0) is 15.0. The van der Waals surface area contributed by atoms with Gasteiger partial charge in [-0.05, 0) is 50.4 Å². The molecule has 0 radical (unpaired) electrons. The van der Waals surface area contributed by atoms with Gasteiger partial charge in [0.05, 0.1) is 7.11 Å². The van der Waals surface area contributed by atoms with Crippen molar-refractivity contribution < 1.29 is 9.84 Å². The lowest BCUT2D eigenvalue weighted by atomic mass is 9.98. The zero-order valence-electron chi connectivity index (χ0n) is 12.6. The van der Waals surface area contributed by atoms with Gasteiger partial charge in [-0.25, -0.2) is 0 Å². The Kier molecular flexibility index (Phi) is 4.43. The second-order valence-corrected chi connectivity index (χ2v) is 7.15. The number of ether oxygens (including phenoxy) is 1. The fourth-order valence-electron chi connectivity index (χ4n) is 3.65. The highest BCUT2D eigenvalue weighted by atomic mass is 79.9. The molecule has 2 fully saturated rings. The van der Waals surface area contributed by atoms with Gasteiger partial charge in [0.2, 0.25) is 0 Å². The topological polar surface area (TPSA) is 44.7 Å². The number of aromatic hydroxyl groups is 1. The molecule has 2 aliphatic rings. The van der Waals surface area contributed by atoms with E-state index in [1.165, 1.54) is 25.7 Å². The minimum absolute atomic E-state index is 0.177. The first kappa shape index (κ1) is 15.1. The largest absolute Gasteiger partial charge is 0.504 e. The van der Waals surface area contributed by atoms with Crippen molar-refractivity contribution in [3.8, 4) is 11.5 Å². The number of fused-ring (bicyclic) bond motifs is 2. The van der Waals surface area contributed by atoms with Gasteiger partial charge in [0.1, 0.15) is 0 Å². The van der Waals surface area contributed by atoms with Gasteiger partial charge in [0.25, 0.3) is 0 Å². The average Bonchev–Trinajstić information content (AvgIpc) is 2.80. The average molecular weight is 355 g/mol. The second kappa shape index (κ2) is 6.15. The monoisotopic (exact) mass is 354 g/mol. The van der Waals surface area contributed by atoms with Gasteiger partial charge in [0.15, 0.2) is 11.5 Å². The van der Waals surface area contributed by atoms with Gasteiger partial charge in [-0.2, -0.15) is 0 Å². The summed E-state index contributed by atoms with van der Waals surface area (Å²) in [6.45, 7) is 0.862. The van der Waals surface area contributed by atoms with Crippen LogP contribution in [0.15, 0.2) is 16.6 Å². The number of phenolic OH excluding ortho intramolecular Hbond substituents is 1. The van der Waals surface area contributed by atoms with E-state index in [-0.39, 0.29) is 5.75 Å². The first-order valence-electron chi connectivity index (χ1n) is 7.58. The summed E-state index contributed by atoms with van der Waals surface area (Å²) in [5.41, 5.74) is 1.15. The number of rotatable bonds is 4. The van der Waals surface area contributed by atoms with Gasteiger partial charge in [-0.3, -0.25) is 4.90 Å². The van der Waals surface area contributed by atoms with Crippen molar-refractivity contribution in [3.63, 3.8) is 0 Å². The molecule has 116 valence electrons. The molecule has 3 rings (SSSR count). The number of hydrogen-bond acceptors (Lipinski definition) is 4. The third-order valence-electron chi connectivity index (χ3n) is 4.84. The molecule has 2 N–H and O–H groups in total. The van der Waals surface area contributed by atoms with E-state index in [4.69, 9.17) is 4.74 Å². The van der Waals surface area contributed by atoms with Gasteiger partial charge in [0, 0.05) is 29.1 Å². The van der Waals surface area contributed by atoms with Crippen molar-refractivity contribution in [2.24, 2.45) is 0 Å². The molecule has 2 saturated heterocycles. The minimum Gasteiger partial charge on any atom is -0.504 e. The van der Waals surface area contributed by atoms with Crippen LogP contribution in [-0.2, 0) is 6.54 Å². The Hall–Kier alpha value is -0.780. The number of benzene rings is 1. The van der Waals surface area contributed by atoms with Gasteiger partial charge >= 0.3 is 0 Å². The van der Waals surface area contributed by atoms with Crippen LogP contribution in [0.5, 0.6) is 11.5 Å². The van der Waals surface area contributed by atoms with E-state index in [1.807, 2.05) is 6.07 Å². The molecular weight excluding hydrogens is 332 g/mol. The molecule has 5 heteroatoms. The highest BCUT2D eigenvalue weighted by molar-refractivity contribution is 9.10. The van der Waals surface area contributed by atoms with Crippen molar-refractivity contribution in [1.29, 1.82) is 0 Å². The molecule has 0 saturated carbocycles. The molecule has 0 aliphatic carbocycles. The first-order chi connectivity index (χ1) is 10.1. The van der Waals surface area contributed by atoms with Crippen LogP contribution >= 0.6 is 15.9 Å². The van der Waals surface area contributed by atoms with Crippen molar-refractivity contribution in [1.82, 2.24) is 10.2 Å². The van der Waals surface area contributed by atoms with E-state index in [9.17, 15) is 5.11 Å². The molecule has 4 nitrogen and oxygen atoms in total. The van der Waals surface area contributed by atoms with Crippen LogP contribution in [0.25, 0.3) is 0 Å². The Morgan fingerprint density at radius 1 is 1.33 bits per heavy atom. The van der Waals surface area contributed by atoms with E-state index < -0.39 is 0 Å². The zero-order valence-corrected chi connectivity index (χ0v) is 14.2. The maximum Gasteiger partial charge on any atom is 0.160 e. The molecule has 2 aliphatic heterocycles. The maximum absolute atomic E-state index is 9.80. The molecule has 0 amide bonds. The Morgan fingerprint density at radius 3 is 2.62 bits per heavy atom. The minimum atomic E-state index is 0.177. The molecule has 2 unspecified atom stereocenters. The van der Waals surface area contributed by atoms with Crippen LogP contribution in [-0.4, -0.2) is 42.3 Å². The molecule has 0 spiro atoms. The molecular formula is C16H23BrN2O2. The SMILES string of the molecule is COc1cc(CN(C)C2CC3CCC(C2)N3)c(Br)cc1O. The summed E-state index contributed by atoms with van der Waals surface area (Å²) in [5.74, 6) is 0.711. The van der Waals surface area contributed by atoms with E-state index in [0.29, 0.717) is 23.9 Å². The van der Waals surface area contributed by atoms with Crippen LogP contribution in [0.1, 0.15) is 31.2 Å². The summed E-state index contributed by atoms with van der Waals surface area (Å²) in [5, 5.41) is 13.5. The number of piperidine rings is 1. The molecule has 1 aromatic carbocycles. The van der Waals surface area contributed by atoms with E-state index in [2.05, 4.69) is 33.2 Å². The van der Waals surface area contributed by atoms with E-state index in [0.717, 1.165) is 16.6 Å². The van der Waals surface area contributed by atoms with Gasteiger partial charge in [-0.15, -0.1) is 0 Å². The summed E-state index contributed by atoms with van der Waals surface area (Å²) in [6.07, 6.45) is 5.12. The Balaban J connectivity index is 1.71. The summed E-state index contributed by atoms with van der Waals surface area (Å²) in [7, 11) is 3.78. The third kappa shape index (κ3) is 3.20. The van der Waals surface area contributed by atoms with Crippen LogP contribution in [0, 0.1) is 0 Å². The van der Waals surface area contributed by atoms with Crippen molar-refractivity contribution in [2.45, 2.75) is 50.4 Å². The summed E-state index contributed by atoms with van der Waals surface area (Å²) >= 11 is 3.54. The first-order valence-corrected chi connectivity index (χ1v) is 8.37. The standard InChI is InChI=1S/C16H23BrN2O2/c1-19(13-6-11-3-4-12(7-13)18-11)9-10-5-16(21-2)15(20)8-14(10)17/h5,8,11-13,18,20H,3-4,6-7,9H2,1-2H3. The lowest BCUT2D eigenvalue weighted by Crippen LogP contribution is -2.46. The Bertz CT molecular complexity index is 511. The quantitative estimate of drug-likeness (QED) is 0.872. The predicted octanol–water partition coefficient (Wildman–Crippen LogP) is 2.88. The highest BCUT2D eigenvalue weighted by Crippen LogP contribution is 2.34. The summed E-state index contributed by atoms with van der Waals surface area (Å²) < 4.78 is 6.15. The fourth-order valence-corrected chi connectivity index (χ4v) is 4.11. The van der Waals surface area contributed by atoms with E-state index in [1.54, 1.807) is 13.2 Å². The predicted molar refractivity (Wildman–Crippen MR) is 86.8 cm³/mol. The van der Waals surface area contributed by atoms with Crippen LogP contribution in [0.4, 0.5) is 0 Å². The normalized spacial score (nSPS) is 28.1. The molecule has 1 aromatic rings. The number of halogens is 1. The number of nitrogens with zero attached hydrogens (tertiary/aromatic N) is 1. The van der Waals surface area contributed by atoms with E-state index >= 15 is 0 Å². The van der Waals surface area contributed by atoms with Crippen molar-refractivity contribution >= 4 is 15.9 Å². The lowest BCUT2D eigenvalue weighted by Gasteiger charge is -2.35. The summed E-state index contributed by atoms with van der Waals surface area (Å²) in [6, 6.07) is 5.68. The smallest absolute Gasteiger partial charge is 0.160 e. The Labute approximate surface area is 134 Å². The molecule has 0 aromatic heterocycles. The highest BCUT2D eigenvalue weighted by Gasteiger charge is 2.35. The number of methoxy groups -OCH3 is 1. The number of hydrogen-bond donors (Lipinski definition) is 2. The molecule has 2 atom stereocenters. The molecule has 21 heavy (non-hydrogen) atoms. The van der Waals surface area contributed by atoms with Crippen molar-refractivity contribution in [3.05, 3.63) is 22.2 Å². The van der Waals surface area contributed by atoms with Crippen molar-refractivity contribution in [2.75, 3.05) is 14.2 Å². The van der Waals surface area contributed by atoms with Crippen LogP contribution in [0.2, 0.25) is 0 Å². The second-order valence-electron chi connectivity index (χ2n) is 6.29. The maximum atomic E-state index is 9.80. The fraction of sp³-hybridized carbons (Fsp3) is 0.625. The molecule has 2 bridgehead atoms. The van der Waals surface area contributed by atoms with Crippen LogP contribution < -0.4 is 10.1 Å². The lowest BCUT2D eigenvalue weighted by molar-refractivity contribution is 0.165. The third-order valence-corrected chi connectivity index (χ3v) is 5.58. The van der Waals surface area contributed by atoms with Crippen LogP contribution in [0.3, 0.4) is 0 Å². The Morgan fingerprint density at radius 2 is 2.00 bits per heavy atom.